The molecule has 0 saturated carbocycles. The Morgan fingerprint density at radius 2 is 1.74 bits per heavy atom. The number of rotatable bonds is 4. The Morgan fingerprint density at radius 3 is 2.32 bits per heavy atom. The van der Waals surface area contributed by atoms with Gasteiger partial charge in [0.25, 0.3) is 0 Å². The van der Waals surface area contributed by atoms with Crippen molar-refractivity contribution in [2.24, 2.45) is 0 Å². The molecule has 1 aromatic heterocycles. The Bertz CT molecular complexity index is 1430. The number of benzene rings is 3. The van der Waals surface area contributed by atoms with Crippen molar-refractivity contribution in [2.45, 2.75) is 4.90 Å². The second-order valence-corrected chi connectivity index (χ2v) is 7.86. The van der Waals surface area contributed by atoms with E-state index < -0.39 is 26.7 Å². The Morgan fingerprint density at radius 1 is 1.06 bits per heavy atom. The average Bonchev–Trinajstić information content (AvgIpc) is 2.72. The summed E-state index contributed by atoms with van der Waals surface area (Å²) in [6.07, 6.45) is 0. The van der Waals surface area contributed by atoms with E-state index in [1.807, 2.05) is 0 Å². The van der Waals surface area contributed by atoms with E-state index in [1.165, 1.54) is 25.3 Å². The third-order valence-corrected chi connectivity index (χ3v) is 5.66. The van der Waals surface area contributed by atoms with Crippen LogP contribution in [0.3, 0.4) is 0 Å². The van der Waals surface area contributed by atoms with Crippen LogP contribution in [0.1, 0.15) is 10.4 Å². The quantitative estimate of drug-likeness (QED) is 0.260. The SMILES string of the molecule is COc1ccc(-c2cc(C(=O)O)c3c(O)cc4c(S(=O)(=O)[O-])cccc4c3n2)cc1.[Na+]. The summed E-state index contributed by atoms with van der Waals surface area (Å²) < 4.78 is 40.1. The van der Waals surface area contributed by atoms with E-state index in [0.29, 0.717) is 17.0 Å². The van der Waals surface area contributed by atoms with Crippen LogP contribution < -0.4 is 34.3 Å². The number of phenols is 1. The molecule has 4 aromatic rings. The van der Waals surface area contributed by atoms with Crippen LogP contribution in [0.25, 0.3) is 32.9 Å². The summed E-state index contributed by atoms with van der Waals surface area (Å²) in [4.78, 5) is 15.9. The van der Waals surface area contributed by atoms with E-state index in [2.05, 4.69) is 4.98 Å². The number of fused-ring (bicyclic) bond motifs is 3. The number of carbonyl (C=O) groups is 1. The number of hydrogen-bond donors (Lipinski definition) is 2. The van der Waals surface area contributed by atoms with Crippen LogP contribution in [0.4, 0.5) is 0 Å². The minimum atomic E-state index is -4.83. The minimum Gasteiger partial charge on any atom is -0.744 e. The van der Waals surface area contributed by atoms with Gasteiger partial charge in [-0.3, -0.25) is 0 Å². The molecule has 0 saturated heterocycles. The zero-order valence-electron chi connectivity index (χ0n) is 16.5. The van der Waals surface area contributed by atoms with Gasteiger partial charge in [0.05, 0.1) is 34.2 Å². The van der Waals surface area contributed by atoms with Crippen molar-refractivity contribution >= 4 is 37.8 Å². The van der Waals surface area contributed by atoms with Gasteiger partial charge in [-0.05, 0) is 42.5 Å². The number of carboxylic acids is 1. The Balaban J connectivity index is 0.00000272. The number of aromatic carboxylic acids is 1. The van der Waals surface area contributed by atoms with Gasteiger partial charge in [0.1, 0.15) is 21.6 Å². The molecule has 0 amide bonds. The van der Waals surface area contributed by atoms with Crippen molar-refractivity contribution in [3.8, 4) is 22.8 Å². The van der Waals surface area contributed by atoms with Crippen molar-refractivity contribution in [3.63, 3.8) is 0 Å². The first kappa shape index (κ1) is 23.0. The molecule has 1 heterocycles. The second-order valence-electron chi connectivity index (χ2n) is 6.51. The molecule has 0 fully saturated rings. The predicted molar refractivity (Wildman–Crippen MR) is 108 cm³/mol. The van der Waals surface area contributed by atoms with E-state index >= 15 is 0 Å². The molecule has 0 spiro atoms. The molecule has 10 heteroatoms. The molecule has 2 N–H and O–H groups in total. The van der Waals surface area contributed by atoms with Gasteiger partial charge in [-0.1, -0.05) is 12.1 Å². The molecule has 152 valence electrons. The van der Waals surface area contributed by atoms with E-state index in [0.717, 1.165) is 12.1 Å². The van der Waals surface area contributed by atoms with E-state index in [1.54, 1.807) is 24.3 Å². The first-order chi connectivity index (χ1) is 14.2. The van der Waals surface area contributed by atoms with Crippen LogP contribution in [-0.2, 0) is 10.1 Å². The molecular formula is C21H14NNaO7S. The normalized spacial score (nSPS) is 11.3. The van der Waals surface area contributed by atoms with Gasteiger partial charge < -0.3 is 19.5 Å². The van der Waals surface area contributed by atoms with Crippen molar-refractivity contribution in [3.05, 3.63) is 60.2 Å². The monoisotopic (exact) mass is 447 g/mol. The van der Waals surface area contributed by atoms with Gasteiger partial charge >= 0.3 is 35.5 Å². The van der Waals surface area contributed by atoms with Crippen LogP contribution >= 0.6 is 0 Å². The van der Waals surface area contributed by atoms with Gasteiger partial charge in [0, 0.05) is 16.3 Å². The fourth-order valence-corrected chi connectivity index (χ4v) is 4.09. The van der Waals surface area contributed by atoms with Crippen molar-refractivity contribution in [2.75, 3.05) is 7.11 Å². The maximum Gasteiger partial charge on any atom is 1.00 e. The first-order valence-corrected chi connectivity index (χ1v) is 10.0. The number of hydrogen-bond acceptors (Lipinski definition) is 7. The predicted octanol–water partition coefficient (Wildman–Crippen LogP) is 0.375. The fraction of sp³-hybridized carbons (Fsp3) is 0.0476. The van der Waals surface area contributed by atoms with Gasteiger partial charge in [-0.2, -0.15) is 0 Å². The molecule has 0 unspecified atom stereocenters. The fourth-order valence-electron chi connectivity index (χ4n) is 3.40. The molecule has 31 heavy (non-hydrogen) atoms. The molecule has 4 rings (SSSR count). The molecule has 8 nitrogen and oxygen atoms in total. The molecule has 0 radical (unpaired) electrons. The van der Waals surface area contributed by atoms with Gasteiger partial charge in [-0.25, -0.2) is 18.2 Å². The van der Waals surface area contributed by atoms with Crippen LogP contribution in [0.15, 0.2) is 59.5 Å². The van der Waals surface area contributed by atoms with Crippen LogP contribution in [-0.4, -0.2) is 41.2 Å². The number of carboxylic acid groups (broad SMARTS) is 1. The average molecular weight is 447 g/mol. The standard InChI is InChI=1S/C21H15NO7S.Na/c1-29-12-7-5-11(6-8-12)16-9-15(21(24)25)19-17(23)10-14-13(20(19)22-16)3-2-4-18(14)30(26,27)28;/h2-10,23H,1H3,(H,24,25)(H,26,27,28);/q;+1/p-1. The van der Waals surface area contributed by atoms with Gasteiger partial charge in [-0.15, -0.1) is 0 Å². The number of aromatic hydroxyl groups is 1. The van der Waals surface area contributed by atoms with Crippen LogP contribution in [0, 0.1) is 0 Å². The minimum absolute atomic E-state index is 0. The third-order valence-electron chi connectivity index (χ3n) is 4.76. The molecule has 0 bridgehead atoms. The Kier molecular flexibility index (Phi) is 6.26. The zero-order chi connectivity index (χ0) is 21.6. The Labute approximate surface area is 199 Å². The maximum absolute atomic E-state index is 11.9. The molecule has 0 aliphatic carbocycles. The van der Waals surface area contributed by atoms with E-state index in [-0.39, 0.29) is 56.8 Å². The number of nitrogens with zero attached hydrogens (tertiary/aromatic N) is 1. The molecule has 0 aliphatic rings. The van der Waals surface area contributed by atoms with E-state index in [9.17, 15) is 28.0 Å². The van der Waals surface area contributed by atoms with Crippen LogP contribution in [0.5, 0.6) is 11.5 Å². The summed E-state index contributed by atoms with van der Waals surface area (Å²) in [7, 11) is -3.31. The maximum atomic E-state index is 11.9. The summed E-state index contributed by atoms with van der Waals surface area (Å²) in [5, 5.41) is 20.4. The summed E-state index contributed by atoms with van der Waals surface area (Å²) in [6.45, 7) is 0. The van der Waals surface area contributed by atoms with Gasteiger partial charge in [0.15, 0.2) is 0 Å². The first-order valence-electron chi connectivity index (χ1n) is 8.64. The largest absolute Gasteiger partial charge is 1.00 e. The van der Waals surface area contributed by atoms with E-state index in [4.69, 9.17) is 4.74 Å². The number of ether oxygens (including phenoxy) is 1. The number of methoxy groups -OCH3 is 1. The van der Waals surface area contributed by atoms with Crippen molar-refractivity contribution < 1.29 is 62.3 Å². The summed E-state index contributed by atoms with van der Waals surface area (Å²) >= 11 is 0. The summed E-state index contributed by atoms with van der Waals surface area (Å²) in [5.41, 5.74) is 0.746. The Hall–Kier alpha value is -2.69. The topological polar surface area (TPSA) is 137 Å². The zero-order valence-corrected chi connectivity index (χ0v) is 19.3. The second kappa shape index (κ2) is 8.45. The smallest absolute Gasteiger partial charge is 0.744 e. The summed E-state index contributed by atoms with van der Waals surface area (Å²) in [5.74, 6) is -1.18. The molecule has 3 aromatic carbocycles. The van der Waals surface area contributed by atoms with Crippen LogP contribution in [0.2, 0.25) is 0 Å². The third kappa shape index (κ3) is 4.10. The summed E-state index contributed by atoms with van der Waals surface area (Å²) in [6, 6.07) is 13.2. The number of aromatic nitrogens is 1. The van der Waals surface area contributed by atoms with Gasteiger partial charge in [0.2, 0.25) is 0 Å². The van der Waals surface area contributed by atoms with Crippen molar-refractivity contribution in [1.82, 2.24) is 4.98 Å². The van der Waals surface area contributed by atoms with Crippen molar-refractivity contribution in [1.29, 1.82) is 0 Å². The molecular weight excluding hydrogens is 433 g/mol. The number of phenolic OH excluding ortho intramolecular Hbond substituents is 1. The molecule has 0 atom stereocenters. The number of pyridine rings is 1. The molecule has 0 aliphatic heterocycles.